The van der Waals surface area contributed by atoms with Crippen LogP contribution in [-0.2, 0) is 15.7 Å². The molecular formula is C25H29Cl2NO3. The van der Waals surface area contributed by atoms with Crippen LogP contribution >= 0.6 is 23.5 Å². The lowest BCUT2D eigenvalue weighted by atomic mass is 9.84. The Kier molecular flexibility index (Phi) is 9.73. The van der Waals surface area contributed by atoms with Crippen LogP contribution in [0.4, 0.5) is 0 Å². The van der Waals surface area contributed by atoms with E-state index in [1.165, 1.54) is 37.7 Å². The Balaban J connectivity index is 1.44. The molecule has 0 radical (unpaired) electrons. The molecule has 1 saturated carbocycles. The summed E-state index contributed by atoms with van der Waals surface area (Å²) in [7, 11) is 0. The van der Waals surface area contributed by atoms with E-state index in [1.54, 1.807) is 0 Å². The number of rotatable bonds is 10. The summed E-state index contributed by atoms with van der Waals surface area (Å²) in [5.41, 5.74) is 3.52. The zero-order chi connectivity index (χ0) is 21.9. The predicted molar refractivity (Wildman–Crippen MR) is 127 cm³/mol. The van der Waals surface area contributed by atoms with Gasteiger partial charge in [0.15, 0.2) is 0 Å². The van der Waals surface area contributed by atoms with Crippen molar-refractivity contribution in [3.63, 3.8) is 0 Å². The molecule has 0 heterocycles. The maximum absolute atomic E-state index is 10.9. The maximum atomic E-state index is 10.9. The first-order chi connectivity index (χ1) is 15.2. The van der Waals surface area contributed by atoms with Crippen molar-refractivity contribution in [2.24, 2.45) is 0 Å². The molecule has 0 bridgehead atoms. The molecule has 3 rings (SSSR count). The van der Waals surface area contributed by atoms with E-state index in [9.17, 15) is 4.79 Å². The van der Waals surface area contributed by atoms with Gasteiger partial charge in [-0.2, -0.15) is 0 Å². The standard InChI is InChI=1S/C25H29Cl2NO3/c26-24-17-23(13-12-22(24)7-4-15-28-16-14-25(29)31-27)30-18-19-8-10-21(11-9-19)20-5-2-1-3-6-20/h4,7-13,17,20,28H,1-3,5-6,14-16,18H2/b7-4+. The van der Waals surface area contributed by atoms with E-state index in [-0.39, 0.29) is 6.42 Å². The molecule has 31 heavy (non-hydrogen) atoms. The summed E-state index contributed by atoms with van der Waals surface area (Å²) in [6.45, 7) is 1.63. The van der Waals surface area contributed by atoms with Crippen molar-refractivity contribution >= 4 is 35.5 Å². The van der Waals surface area contributed by atoms with Crippen LogP contribution in [0.2, 0.25) is 5.02 Å². The number of hydrogen-bond acceptors (Lipinski definition) is 4. The molecule has 0 aliphatic heterocycles. The van der Waals surface area contributed by atoms with E-state index in [1.807, 2.05) is 30.4 Å². The third-order valence-electron chi connectivity index (χ3n) is 5.59. The zero-order valence-electron chi connectivity index (χ0n) is 17.6. The topological polar surface area (TPSA) is 47.6 Å². The number of halogens is 2. The Bertz CT molecular complexity index is 862. The highest BCUT2D eigenvalue weighted by Crippen LogP contribution is 2.32. The van der Waals surface area contributed by atoms with Crippen LogP contribution in [0, 0.1) is 0 Å². The number of carbonyl (C=O) groups excluding carboxylic acids is 1. The molecule has 0 aromatic heterocycles. The van der Waals surface area contributed by atoms with Crippen LogP contribution in [0.25, 0.3) is 6.08 Å². The molecule has 1 N–H and O–H groups in total. The van der Waals surface area contributed by atoms with Crippen LogP contribution in [0.1, 0.15) is 61.1 Å². The first kappa shape index (κ1) is 23.6. The number of hydrogen-bond donors (Lipinski definition) is 1. The van der Waals surface area contributed by atoms with Crippen molar-refractivity contribution in [3.05, 3.63) is 70.3 Å². The maximum Gasteiger partial charge on any atom is 0.326 e. The van der Waals surface area contributed by atoms with Gasteiger partial charge in [-0.3, -0.25) is 4.79 Å². The quantitative estimate of drug-likeness (QED) is 0.402. The van der Waals surface area contributed by atoms with Gasteiger partial charge < -0.3 is 14.3 Å². The van der Waals surface area contributed by atoms with E-state index in [0.717, 1.165) is 22.8 Å². The van der Waals surface area contributed by atoms with E-state index >= 15 is 0 Å². The monoisotopic (exact) mass is 461 g/mol. The minimum absolute atomic E-state index is 0.230. The van der Waals surface area contributed by atoms with Crippen molar-refractivity contribution in [3.8, 4) is 5.75 Å². The predicted octanol–water partition coefficient (Wildman–Crippen LogP) is 6.66. The van der Waals surface area contributed by atoms with Crippen LogP contribution in [0.15, 0.2) is 48.5 Å². The minimum atomic E-state index is -0.447. The summed E-state index contributed by atoms with van der Waals surface area (Å²) in [5, 5.41) is 3.73. The first-order valence-electron chi connectivity index (χ1n) is 10.9. The van der Waals surface area contributed by atoms with Gasteiger partial charge in [-0.1, -0.05) is 67.3 Å². The summed E-state index contributed by atoms with van der Waals surface area (Å²) in [5.74, 6) is 1.02. The summed E-state index contributed by atoms with van der Waals surface area (Å²) in [6.07, 6.45) is 10.8. The van der Waals surface area contributed by atoms with Crippen molar-refractivity contribution in [1.82, 2.24) is 5.32 Å². The van der Waals surface area contributed by atoms with Crippen molar-refractivity contribution in [2.45, 2.75) is 51.0 Å². The SMILES string of the molecule is O=C(CCNC/C=C/c1ccc(OCc2ccc(C3CCCCC3)cc2)cc1Cl)OCl. The second kappa shape index (κ2) is 12.7. The third kappa shape index (κ3) is 7.88. The van der Waals surface area contributed by atoms with Crippen molar-refractivity contribution in [2.75, 3.05) is 13.1 Å². The van der Waals surface area contributed by atoms with E-state index in [2.05, 4.69) is 33.9 Å². The van der Waals surface area contributed by atoms with Gasteiger partial charge in [-0.15, -0.1) is 0 Å². The summed E-state index contributed by atoms with van der Waals surface area (Å²) in [4.78, 5) is 10.9. The Morgan fingerprint density at radius 1 is 1.10 bits per heavy atom. The van der Waals surface area contributed by atoms with Crippen LogP contribution in [-0.4, -0.2) is 19.1 Å². The molecule has 2 aromatic carbocycles. The highest BCUT2D eigenvalue weighted by Gasteiger charge is 2.15. The van der Waals surface area contributed by atoms with Gasteiger partial charge in [-0.05, 0) is 53.6 Å². The van der Waals surface area contributed by atoms with Gasteiger partial charge in [0.05, 0.1) is 11.4 Å². The lowest BCUT2D eigenvalue weighted by molar-refractivity contribution is -0.133. The first-order valence-corrected chi connectivity index (χ1v) is 11.5. The molecular weight excluding hydrogens is 433 g/mol. The highest BCUT2D eigenvalue weighted by molar-refractivity contribution is 6.32. The fourth-order valence-electron chi connectivity index (χ4n) is 3.82. The average Bonchev–Trinajstić information content (AvgIpc) is 2.81. The van der Waals surface area contributed by atoms with Crippen LogP contribution in [0.3, 0.4) is 0 Å². The summed E-state index contributed by atoms with van der Waals surface area (Å²) >= 11 is 11.4. The number of carbonyl (C=O) groups is 1. The Hall–Kier alpha value is -2.01. The molecule has 0 spiro atoms. The van der Waals surface area contributed by atoms with E-state index in [4.69, 9.17) is 28.2 Å². The average molecular weight is 462 g/mol. The number of benzene rings is 2. The van der Waals surface area contributed by atoms with Gasteiger partial charge in [0, 0.05) is 13.1 Å². The molecule has 4 nitrogen and oxygen atoms in total. The van der Waals surface area contributed by atoms with E-state index in [0.29, 0.717) is 24.7 Å². The van der Waals surface area contributed by atoms with Crippen LogP contribution < -0.4 is 10.1 Å². The van der Waals surface area contributed by atoms with Crippen molar-refractivity contribution in [1.29, 1.82) is 0 Å². The fourth-order valence-corrected chi connectivity index (χ4v) is 4.13. The smallest absolute Gasteiger partial charge is 0.326 e. The summed E-state index contributed by atoms with van der Waals surface area (Å²) in [6, 6.07) is 14.5. The third-order valence-corrected chi connectivity index (χ3v) is 6.08. The molecule has 0 atom stereocenters. The second-order valence-electron chi connectivity index (χ2n) is 7.85. The lowest BCUT2D eigenvalue weighted by Gasteiger charge is -2.22. The molecule has 1 fully saturated rings. The Morgan fingerprint density at radius 3 is 2.58 bits per heavy atom. The van der Waals surface area contributed by atoms with Crippen LogP contribution in [0.5, 0.6) is 5.75 Å². The molecule has 166 valence electrons. The number of ether oxygens (including phenoxy) is 1. The summed E-state index contributed by atoms with van der Waals surface area (Å²) < 4.78 is 10.0. The van der Waals surface area contributed by atoms with Gasteiger partial charge in [-0.25, -0.2) is 0 Å². The zero-order valence-corrected chi connectivity index (χ0v) is 19.1. The molecule has 2 aromatic rings. The minimum Gasteiger partial charge on any atom is -0.489 e. The fraction of sp³-hybridized carbons (Fsp3) is 0.400. The van der Waals surface area contributed by atoms with E-state index < -0.39 is 5.97 Å². The molecule has 1 aliphatic rings. The highest BCUT2D eigenvalue weighted by atomic mass is 35.5. The van der Waals surface area contributed by atoms with Crippen molar-refractivity contribution < 1.29 is 13.8 Å². The number of nitrogens with one attached hydrogen (secondary N) is 1. The normalized spacial score (nSPS) is 14.6. The van der Waals surface area contributed by atoms with Gasteiger partial charge in [0.25, 0.3) is 0 Å². The Morgan fingerprint density at radius 2 is 1.87 bits per heavy atom. The lowest BCUT2D eigenvalue weighted by Crippen LogP contribution is -2.18. The van der Waals surface area contributed by atoms with Gasteiger partial charge in [0.1, 0.15) is 24.2 Å². The molecule has 0 amide bonds. The second-order valence-corrected chi connectivity index (χ2v) is 8.42. The molecule has 1 aliphatic carbocycles. The molecule has 0 saturated heterocycles. The molecule has 0 unspecified atom stereocenters. The molecule has 6 heteroatoms. The van der Waals surface area contributed by atoms with Gasteiger partial charge >= 0.3 is 5.97 Å². The van der Waals surface area contributed by atoms with Gasteiger partial charge in [0.2, 0.25) is 0 Å². The largest absolute Gasteiger partial charge is 0.489 e. The Labute approximate surface area is 194 Å².